The second kappa shape index (κ2) is 16.0. The van der Waals surface area contributed by atoms with Crippen LogP contribution in [0.3, 0.4) is 0 Å². The van der Waals surface area contributed by atoms with Gasteiger partial charge in [-0.15, -0.1) is 0 Å². The first kappa shape index (κ1) is 18.9. The number of hydrogen-bond donors (Lipinski definition) is 1. The van der Waals surface area contributed by atoms with E-state index in [4.69, 9.17) is 5.11 Å². The van der Waals surface area contributed by atoms with E-state index in [0.717, 1.165) is 19.3 Å². The van der Waals surface area contributed by atoms with Crippen LogP contribution in [-0.2, 0) is 4.79 Å². The van der Waals surface area contributed by atoms with Gasteiger partial charge in [0.2, 0.25) is 0 Å². The van der Waals surface area contributed by atoms with E-state index in [1.165, 1.54) is 51.4 Å². The van der Waals surface area contributed by atoms with Gasteiger partial charge in [-0.2, -0.15) is 0 Å². The molecule has 0 aliphatic heterocycles. The summed E-state index contributed by atoms with van der Waals surface area (Å²) in [6, 6.07) is 0. The summed E-state index contributed by atoms with van der Waals surface area (Å²) in [4.78, 5) is 10.3. The smallest absolute Gasteiger partial charge is 0.303 e. The maximum atomic E-state index is 10.3. The zero-order valence-corrected chi connectivity index (χ0v) is 13.2. The van der Waals surface area contributed by atoms with E-state index < -0.39 is 5.97 Å². The minimum Gasteiger partial charge on any atom is -0.481 e. The van der Waals surface area contributed by atoms with E-state index >= 15 is 0 Å². The van der Waals surface area contributed by atoms with Crippen LogP contribution in [0.2, 0.25) is 0 Å². The molecular weight excluding hydrogens is 248 g/mol. The number of carboxylic acids is 1. The minimum atomic E-state index is -0.693. The molecule has 2 heteroatoms. The number of carboxylic acid groups (broad SMARTS) is 1. The Balaban J connectivity index is 3.16. The maximum Gasteiger partial charge on any atom is 0.303 e. The molecule has 0 fully saturated rings. The summed E-state index contributed by atoms with van der Waals surface area (Å²) in [5, 5.41) is 8.49. The Morgan fingerprint density at radius 1 is 0.750 bits per heavy atom. The van der Waals surface area contributed by atoms with Crippen LogP contribution in [0.5, 0.6) is 0 Å². The molecule has 0 aromatic carbocycles. The Morgan fingerprint density at radius 2 is 1.20 bits per heavy atom. The van der Waals surface area contributed by atoms with Crippen LogP contribution in [0.1, 0.15) is 84.0 Å². The number of unbranched alkanes of at least 4 members (excludes halogenated alkanes) is 8. The third-order valence-corrected chi connectivity index (χ3v) is 3.31. The highest BCUT2D eigenvalue weighted by atomic mass is 16.4. The lowest BCUT2D eigenvalue weighted by Gasteiger charge is -1.96. The second-order valence-electron chi connectivity index (χ2n) is 5.36. The first-order valence-corrected chi connectivity index (χ1v) is 8.29. The summed E-state index contributed by atoms with van der Waals surface area (Å²) in [6.45, 7) is 2.24. The maximum absolute atomic E-state index is 10.3. The van der Waals surface area contributed by atoms with Crippen LogP contribution in [0.15, 0.2) is 24.3 Å². The predicted molar refractivity (Wildman–Crippen MR) is 87.0 cm³/mol. The highest BCUT2D eigenvalue weighted by Gasteiger charge is 1.93. The largest absolute Gasteiger partial charge is 0.481 e. The molecule has 0 unspecified atom stereocenters. The molecule has 0 spiro atoms. The highest BCUT2D eigenvalue weighted by Crippen LogP contribution is 2.07. The van der Waals surface area contributed by atoms with Crippen molar-refractivity contribution in [2.24, 2.45) is 0 Å². The summed E-state index contributed by atoms with van der Waals surface area (Å²) >= 11 is 0. The number of allylic oxidation sites excluding steroid dienone is 4. The van der Waals surface area contributed by atoms with Gasteiger partial charge in [-0.3, -0.25) is 4.79 Å². The average molecular weight is 280 g/mol. The van der Waals surface area contributed by atoms with Gasteiger partial charge in [0.15, 0.2) is 0 Å². The molecule has 116 valence electrons. The third-order valence-electron chi connectivity index (χ3n) is 3.31. The highest BCUT2D eigenvalue weighted by molar-refractivity contribution is 5.66. The molecule has 0 rings (SSSR count). The molecule has 2 nitrogen and oxygen atoms in total. The third kappa shape index (κ3) is 16.9. The molecule has 0 atom stereocenters. The molecule has 0 radical (unpaired) electrons. The lowest BCUT2D eigenvalue weighted by molar-refractivity contribution is -0.137. The van der Waals surface area contributed by atoms with Gasteiger partial charge in [-0.1, -0.05) is 50.5 Å². The number of carbonyl (C=O) groups is 1. The van der Waals surface area contributed by atoms with Crippen molar-refractivity contribution >= 4 is 5.97 Å². The van der Waals surface area contributed by atoms with Crippen LogP contribution in [0, 0.1) is 0 Å². The van der Waals surface area contributed by atoms with Crippen LogP contribution in [0.25, 0.3) is 0 Å². The topological polar surface area (TPSA) is 37.3 Å². The van der Waals surface area contributed by atoms with E-state index in [1.807, 2.05) is 0 Å². The Kier molecular flexibility index (Phi) is 15.2. The van der Waals surface area contributed by atoms with E-state index in [9.17, 15) is 4.79 Å². The van der Waals surface area contributed by atoms with Crippen molar-refractivity contribution in [1.29, 1.82) is 0 Å². The quantitative estimate of drug-likeness (QED) is 0.318. The second-order valence-corrected chi connectivity index (χ2v) is 5.36. The fraction of sp³-hybridized carbons (Fsp3) is 0.722. The molecule has 0 aromatic rings. The van der Waals surface area contributed by atoms with Crippen molar-refractivity contribution < 1.29 is 9.90 Å². The Morgan fingerprint density at radius 3 is 1.65 bits per heavy atom. The van der Waals surface area contributed by atoms with Gasteiger partial charge in [-0.05, 0) is 51.4 Å². The molecule has 0 bridgehead atoms. The predicted octanol–water partition coefficient (Wildman–Crippen LogP) is 5.88. The number of rotatable bonds is 14. The first-order chi connectivity index (χ1) is 9.77. The van der Waals surface area contributed by atoms with E-state index in [-0.39, 0.29) is 6.42 Å². The van der Waals surface area contributed by atoms with Crippen LogP contribution in [-0.4, -0.2) is 11.1 Å². The molecule has 0 saturated heterocycles. The lowest BCUT2D eigenvalue weighted by Crippen LogP contribution is -1.92. The SMILES string of the molecule is CCCCC/C=C\CCCCC/C=C\CCCC(=O)O. The van der Waals surface area contributed by atoms with Crippen LogP contribution < -0.4 is 0 Å². The summed E-state index contributed by atoms with van der Waals surface area (Å²) in [5.74, 6) is -0.693. The number of aliphatic carboxylic acids is 1. The fourth-order valence-corrected chi connectivity index (χ4v) is 2.06. The molecule has 0 heterocycles. The summed E-state index contributed by atoms with van der Waals surface area (Å²) < 4.78 is 0. The van der Waals surface area contributed by atoms with Crippen molar-refractivity contribution in [2.75, 3.05) is 0 Å². The summed E-state index contributed by atoms with van der Waals surface area (Å²) in [7, 11) is 0. The minimum absolute atomic E-state index is 0.287. The van der Waals surface area contributed by atoms with Gasteiger partial charge in [0, 0.05) is 6.42 Å². The molecule has 1 N–H and O–H groups in total. The standard InChI is InChI=1S/C18H32O2/c1-2-3-4-5-6-7-8-9-10-11-12-13-14-15-16-17-18(19)20/h6-7,13-14H,2-5,8-12,15-17H2,1H3,(H,19,20)/b7-6-,14-13-. The van der Waals surface area contributed by atoms with E-state index in [0.29, 0.717) is 0 Å². The molecule has 20 heavy (non-hydrogen) atoms. The molecule has 0 saturated carbocycles. The Labute approximate surface area is 125 Å². The first-order valence-electron chi connectivity index (χ1n) is 8.29. The molecular formula is C18H32O2. The van der Waals surface area contributed by atoms with Gasteiger partial charge >= 0.3 is 5.97 Å². The molecule has 0 aromatic heterocycles. The lowest BCUT2D eigenvalue weighted by atomic mass is 10.1. The zero-order chi connectivity index (χ0) is 14.9. The van der Waals surface area contributed by atoms with Gasteiger partial charge in [0.1, 0.15) is 0 Å². The Bertz CT molecular complexity index is 267. The average Bonchev–Trinajstić information content (AvgIpc) is 2.43. The van der Waals surface area contributed by atoms with Crippen molar-refractivity contribution in [3.05, 3.63) is 24.3 Å². The number of hydrogen-bond acceptors (Lipinski definition) is 1. The molecule has 0 amide bonds. The van der Waals surface area contributed by atoms with Crippen LogP contribution >= 0.6 is 0 Å². The Hall–Kier alpha value is -1.05. The van der Waals surface area contributed by atoms with Crippen molar-refractivity contribution in [2.45, 2.75) is 84.0 Å². The van der Waals surface area contributed by atoms with Crippen molar-refractivity contribution in [3.63, 3.8) is 0 Å². The summed E-state index contributed by atoms with van der Waals surface area (Å²) in [6.07, 6.45) is 22.3. The van der Waals surface area contributed by atoms with Gasteiger partial charge in [0.05, 0.1) is 0 Å². The molecule has 0 aliphatic rings. The van der Waals surface area contributed by atoms with Gasteiger partial charge in [-0.25, -0.2) is 0 Å². The van der Waals surface area contributed by atoms with Gasteiger partial charge in [0.25, 0.3) is 0 Å². The van der Waals surface area contributed by atoms with Gasteiger partial charge < -0.3 is 5.11 Å². The zero-order valence-electron chi connectivity index (χ0n) is 13.2. The molecule has 0 aliphatic carbocycles. The van der Waals surface area contributed by atoms with E-state index in [1.54, 1.807) is 0 Å². The normalized spacial score (nSPS) is 11.7. The van der Waals surface area contributed by atoms with Crippen molar-refractivity contribution in [1.82, 2.24) is 0 Å². The van der Waals surface area contributed by atoms with Crippen LogP contribution in [0.4, 0.5) is 0 Å². The monoisotopic (exact) mass is 280 g/mol. The van der Waals surface area contributed by atoms with E-state index in [2.05, 4.69) is 31.2 Å². The fourth-order valence-electron chi connectivity index (χ4n) is 2.06. The summed E-state index contributed by atoms with van der Waals surface area (Å²) in [5.41, 5.74) is 0. The van der Waals surface area contributed by atoms with Crippen molar-refractivity contribution in [3.8, 4) is 0 Å².